The summed E-state index contributed by atoms with van der Waals surface area (Å²) in [4.78, 5) is 11.0. The number of fused-ring (bicyclic) bond motifs is 1. The number of hydrogen-bond donors (Lipinski definition) is 3. The molecule has 0 aromatic heterocycles. The molecule has 0 bridgehead atoms. The van der Waals surface area contributed by atoms with Gasteiger partial charge in [0.15, 0.2) is 0 Å². The lowest BCUT2D eigenvalue weighted by Gasteiger charge is -2.27. The molecule has 8 heteroatoms. The summed E-state index contributed by atoms with van der Waals surface area (Å²) in [6.07, 6.45) is 2.20. The van der Waals surface area contributed by atoms with Gasteiger partial charge in [0.05, 0.1) is 11.7 Å². The van der Waals surface area contributed by atoms with Crippen LogP contribution in [0.5, 0.6) is 23.0 Å². The van der Waals surface area contributed by atoms with Crippen LogP contribution in [0, 0.1) is 0 Å². The van der Waals surface area contributed by atoms with Gasteiger partial charge in [0.25, 0.3) is 0 Å². The van der Waals surface area contributed by atoms with Crippen molar-refractivity contribution in [2.75, 3.05) is 6.54 Å². The lowest BCUT2D eigenvalue weighted by molar-refractivity contribution is 0.0697. The standard InChI is InChI=1S/C31H28ClNO5.ClH/c32-24-4-1-3-22(15-24)30(34)19-33-25-11-7-20-8-14-29(17-23(20)16-25)38-28-6-2-5-27(18-28)37-26-12-9-21(10-13-26)31(35)36;/h1-6,8-10,12-15,17-18,25,30,33-34H,7,11,16,19H2,(H,35,36);1H/t25-,30+;/m0./s1. The molecule has 0 saturated heterocycles. The molecular formula is C31H29Cl2NO5. The number of carboxylic acid groups (broad SMARTS) is 1. The highest BCUT2D eigenvalue weighted by Crippen LogP contribution is 2.31. The smallest absolute Gasteiger partial charge is 0.335 e. The molecule has 39 heavy (non-hydrogen) atoms. The van der Waals surface area contributed by atoms with Crippen molar-refractivity contribution in [2.45, 2.75) is 31.4 Å². The molecule has 5 rings (SSSR count). The molecule has 0 radical (unpaired) electrons. The Morgan fingerprint density at radius 3 is 2.26 bits per heavy atom. The van der Waals surface area contributed by atoms with Crippen molar-refractivity contribution < 1.29 is 24.5 Å². The first-order valence-corrected chi connectivity index (χ1v) is 12.9. The maximum absolute atomic E-state index is 11.0. The predicted octanol–water partition coefficient (Wildman–Crippen LogP) is 7.23. The molecule has 0 fully saturated rings. The van der Waals surface area contributed by atoms with Crippen molar-refractivity contribution in [3.8, 4) is 23.0 Å². The number of aryl methyl sites for hydroxylation is 1. The van der Waals surface area contributed by atoms with Gasteiger partial charge in [0.1, 0.15) is 23.0 Å². The van der Waals surface area contributed by atoms with Gasteiger partial charge in [-0.25, -0.2) is 4.79 Å². The van der Waals surface area contributed by atoms with E-state index in [2.05, 4.69) is 17.4 Å². The minimum Gasteiger partial charge on any atom is -0.478 e. The highest BCUT2D eigenvalue weighted by atomic mass is 35.5. The van der Waals surface area contributed by atoms with Gasteiger partial charge in [0, 0.05) is 23.7 Å². The van der Waals surface area contributed by atoms with E-state index in [0.717, 1.165) is 30.6 Å². The zero-order valence-electron chi connectivity index (χ0n) is 21.0. The first-order valence-electron chi connectivity index (χ1n) is 12.5. The summed E-state index contributed by atoms with van der Waals surface area (Å²) < 4.78 is 12.0. The van der Waals surface area contributed by atoms with Gasteiger partial charge in [-0.2, -0.15) is 0 Å². The number of aromatic carboxylic acids is 1. The van der Waals surface area contributed by atoms with Gasteiger partial charge < -0.3 is 25.0 Å². The molecule has 4 aromatic rings. The molecule has 0 saturated carbocycles. The highest BCUT2D eigenvalue weighted by molar-refractivity contribution is 6.30. The highest BCUT2D eigenvalue weighted by Gasteiger charge is 2.20. The summed E-state index contributed by atoms with van der Waals surface area (Å²) >= 11 is 6.06. The largest absolute Gasteiger partial charge is 0.478 e. The molecular weight excluding hydrogens is 537 g/mol. The average Bonchev–Trinajstić information content (AvgIpc) is 2.92. The van der Waals surface area contributed by atoms with Crippen molar-refractivity contribution in [1.82, 2.24) is 5.32 Å². The number of aliphatic hydroxyl groups excluding tert-OH is 1. The van der Waals surface area contributed by atoms with E-state index in [9.17, 15) is 9.90 Å². The normalized spacial score (nSPS) is 15.0. The van der Waals surface area contributed by atoms with E-state index in [-0.39, 0.29) is 24.0 Å². The second kappa shape index (κ2) is 13.0. The lowest BCUT2D eigenvalue weighted by atomic mass is 9.88. The van der Waals surface area contributed by atoms with Crippen molar-refractivity contribution in [3.63, 3.8) is 0 Å². The van der Waals surface area contributed by atoms with Crippen molar-refractivity contribution in [3.05, 3.63) is 118 Å². The number of benzene rings is 4. The predicted molar refractivity (Wildman–Crippen MR) is 154 cm³/mol. The van der Waals surface area contributed by atoms with Gasteiger partial charge >= 0.3 is 5.97 Å². The van der Waals surface area contributed by atoms with Crippen LogP contribution in [0.15, 0.2) is 91.0 Å². The average molecular weight is 566 g/mol. The molecule has 2 atom stereocenters. The summed E-state index contributed by atoms with van der Waals surface area (Å²) in [6, 6.07) is 27.3. The lowest BCUT2D eigenvalue weighted by Crippen LogP contribution is -2.37. The Balaban J connectivity index is 0.00000353. The monoisotopic (exact) mass is 565 g/mol. The Morgan fingerprint density at radius 1 is 0.872 bits per heavy atom. The third kappa shape index (κ3) is 7.52. The van der Waals surface area contributed by atoms with Gasteiger partial charge in [0.2, 0.25) is 0 Å². The van der Waals surface area contributed by atoms with E-state index in [4.69, 9.17) is 26.2 Å². The maximum atomic E-state index is 11.0. The zero-order valence-corrected chi connectivity index (χ0v) is 22.6. The number of aliphatic hydroxyl groups is 1. The van der Waals surface area contributed by atoms with Crippen LogP contribution in [0.2, 0.25) is 5.02 Å². The van der Waals surface area contributed by atoms with Gasteiger partial charge in [-0.3, -0.25) is 0 Å². The van der Waals surface area contributed by atoms with E-state index >= 15 is 0 Å². The number of nitrogens with one attached hydrogen (secondary N) is 1. The Kier molecular flexibility index (Phi) is 9.49. The van der Waals surface area contributed by atoms with Crippen LogP contribution in [0.3, 0.4) is 0 Å². The van der Waals surface area contributed by atoms with E-state index in [1.165, 1.54) is 23.3 Å². The molecule has 1 aliphatic carbocycles. The molecule has 6 nitrogen and oxygen atoms in total. The summed E-state index contributed by atoms with van der Waals surface area (Å²) in [5, 5.41) is 23.7. The fourth-order valence-corrected chi connectivity index (χ4v) is 4.82. The number of halogens is 2. The fraction of sp³-hybridized carbons (Fsp3) is 0.194. The summed E-state index contributed by atoms with van der Waals surface area (Å²) in [6.45, 7) is 0.461. The molecule has 4 aromatic carbocycles. The molecule has 0 aliphatic heterocycles. The van der Waals surface area contributed by atoms with Crippen molar-refractivity contribution >= 4 is 30.0 Å². The van der Waals surface area contributed by atoms with Gasteiger partial charge in [-0.15, -0.1) is 12.4 Å². The molecule has 202 valence electrons. The third-order valence-electron chi connectivity index (χ3n) is 6.62. The van der Waals surface area contributed by atoms with Crippen LogP contribution >= 0.6 is 24.0 Å². The van der Waals surface area contributed by atoms with E-state index < -0.39 is 12.1 Å². The van der Waals surface area contributed by atoms with E-state index in [0.29, 0.717) is 28.8 Å². The first kappa shape index (κ1) is 28.5. The number of carboxylic acids is 1. The maximum Gasteiger partial charge on any atom is 0.335 e. The van der Waals surface area contributed by atoms with Gasteiger partial charge in [-0.1, -0.05) is 35.9 Å². The topological polar surface area (TPSA) is 88.0 Å². The van der Waals surface area contributed by atoms with E-state index in [1.807, 2.05) is 36.4 Å². The van der Waals surface area contributed by atoms with Crippen LogP contribution in [-0.2, 0) is 12.8 Å². The third-order valence-corrected chi connectivity index (χ3v) is 6.85. The minimum atomic E-state index is -0.978. The molecule has 0 spiro atoms. The second-order valence-corrected chi connectivity index (χ2v) is 9.79. The molecule has 0 unspecified atom stereocenters. The molecule has 1 aliphatic rings. The van der Waals surface area contributed by atoms with E-state index in [1.54, 1.807) is 30.3 Å². The fourth-order valence-electron chi connectivity index (χ4n) is 4.62. The summed E-state index contributed by atoms with van der Waals surface area (Å²) in [5.41, 5.74) is 3.55. The number of rotatable bonds is 9. The number of ether oxygens (including phenoxy) is 2. The zero-order chi connectivity index (χ0) is 26.5. The summed E-state index contributed by atoms with van der Waals surface area (Å²) in [7, 11) is 0. The molecule has 0 heterocycles. The van der Waals surface area contributed by atoms with Crippen molar-refractivity contribution in [2.24, 2.45) is 0 Å². The Bertz CT molecular complexity index is 1430. The van der Waals surface area contributed by atoms with Crippen molar-refractivity contribution in [1.29, 1.82) is 0 Å². The molecule has 3 N–H and O–H groups in total. The quantitative estimate of drug-likeness (QED) is 0.198. The Morgan fingerprint density at radius 2 is 1.54 bits per heavy atom. The van der Waals surface area contributed by atoms with Crippen LogP contribution in [0.1, 0.15) is 39.6 Å². The van der Waals surface area contributed by atoms with Crippen LogP contribution in [0.25, 0.3) is 0 Å². The minimum absolute atomic E-state index is 0. The number of hydrogen-bond acceptors (Lipinski definition) is 5. The summed E-state index contributed by atoms with van der Waals surface area (Å²) in [5.74, 6) is 1.53. The second-order valence-electron chi connectivity index (χ2n) is 9.36. The Labute approximate surface area is 238 Å². The van der Waals surface area contributed by atoms with Gasteiger partial charge in [-0.05, 0) is 96.6 Å². The Hall–Kier alpha value is -3.55. The SMILES string of the molecule is Cl.O=C(O)c1ccc(Oc2cccc(Oc3ccc4c(c3)C[C@@H](NC[C@@H](O)c3cccc(Cl)c3)CC4)c2)cc1. The van der Waals surface area contributed by atoms with Crippen LogP contribution < -0.4 is 14.8 Å². The first-order chi connectivity index (χ1) is 18.4. The molecule has 0 amide bonds. The van der Waals surface area contributed by atoms with Crippen LogP contribution in [-0.4, -0.2) is 28.8 Å². The number of carbonyl (C=O) groups is 1. The van der Waals surface area contributed by atoms with Crippen LogP contribution in [0.4, 0.5) is 0 Å².